The molecule has 0 fully saturated rings. The van der Waals surface area contributed by atoms with Gasteiger partial charge in [0.2, 0.25) is 0 Å². The maximum Gasteiger partial charge on any atom is 0.345 e. The summed E-state index contributed by atoms with van der Waals surface area (Å²) in [6, 6.07) is 0. The lowest BCUT2D eigenvalue weighted by molar-refractivity contribution is 0.602. The van der Waals surface area contributed by atoms with Crippen molar-refractivity contribution < 1.29 is 8.42 Å². The predicted octanol–water partition coefficient (Wildman–Crippen LogP) is -0.652. The molecule has 2 rings (SSSR count). The number of amidine groups is 1. The van der Waals surface area contributed by atoms with Crippen molar-refractivity contribution in [3.8, 4) is 0 Å². The number of nitrogens with zero attached hydrogens (tertiary/aromatic N) is 2. The average Bonchev–Trinajstić information content (AvgIpc) is 2.45. The van der Waals surface area contributed by atoms with E-state index in [-0.39, 0.29) is 11.7 Å². The van der Waals surface area contributed by atoms with Crippen LogP contribution in [0.25, 0.3) is 0 Å². The van der Waals surface area contributed by atoms with Gasteiger partial charge >= 0.3 is 10.2 Å². The highest BCUT2D eigenvalue weighted by atomic mass is 32.2. The van der Waals surface area contributed by atoms with E-state index in [0.29, 0.717) is 17.9 Å². The van der Waals surface area contributed by atoms with Gasteiger partial charge in [-0.15, -0.1) is 4.40 Å². The van der Waals surface area contributed by atoms with Gasteiger partial charge < -0.3 is 10.7 Å². The molecule has 0 atom stereocenters. The van der Waals surface area contributed by atoms with Crippen LogP contribution in [0.2, 0.25) is 0 Å². The topological polar surface area (TPSA) is 113 Å². The lowest BCUT2D eigenvalue weighted by Gasteiger charge is -2.08. The van der Waals surface area contributed by atoms with E-state index in [9.17, 15) is 8.42 Å². The highest BCUT2D eigenvalue weighted by Crippen LogP contribution is 2.19. The fourth-order valence-electron chi connectivity index (χ4n) is 1.17. The van der Waals surface area contributed by atoms with Crippen molar-refractivity contribution in [1.82, 2.24) is 9.97 Å². The lowest BCUT2D eigenvalue weighted by atomic mass is 10.4. The predicted molar refractivity (Wildman–Crippen MR) is 51.2 cm³/mol. The molecule has 0 amide bonds. The second-order valence-electron chi connectivity index (χ2n) is 2.81. The summed E-state index contributed by atoms with van der Waals surface area (Å²) in [5.74, 6) is 0.818. The first kappa shape index (κ1) is 9.00. The Morgan fingerprint density at radius 3 is 2.86 bits per heavy atom. The molecule has 76 valence electrons. The highest BCUT2D eigenvalue weighted by Gasteiger charge is 2.24. The molecule has 0 saturated heterocycles. The molecule has 0 spiro atoms. The van der Waals surface area contributed by atoms with Crippen molar-refractivity contribution in [3.63, 3.8) is 0 Å². The maximum atomic E-state index is 11.1. The lowest BCUT2D eigenvalue weighted by Crippen LogP contribution is -2.26. The van der Waals surface area contributed by atoms with Crippen LogP contribution in [0.5, 0.6) is 0 Å². The number of aromatic amines is 1. The number of rotatable bonds is 1. The van der Waals surface area contributed by atoms with Crippen LogP contribution < -0.4 is 10.5 Å². The third-order valence-electron chi connectivity index (χ3n) is 1.79. The van der Waals surface area contributed by atoms with Gasteiger partial charge in [-0.05, 0) is 0 Å². The van der Waals surface area contributed by atoms with Crippen LogP contribution in [-0.4, -0.2) is 24.2 Å². The number of hydrogen-bond acceptors (Lipinski definition) is 4. The zero-order valence-electron chi connectivity index (χ0n) is 7.40. The van der Waals surface area contributed by atoms with E-state index >= 15 is 0 Å². The van der Waals surface area contributed by atoms with Crippen LogP contribution in [0.3, 0.4) is 0 Å². The van der Waals surface area contributed by atoms with Crippen molar-refractivity contribution in [1.29, 1.82) is 0 Å². The first-order chi connectivity index (χ1) is 6.52. The molecule has 0 radical (unpaired) electrons. The number of nitrogens with two attached hydrogens (primary N) is 1. The Morgan fingerprint density at radius 2 is 2.21 bits per heavy atom. The van der Waals surface area contributed by atoms with Crippen molar-refractivity contribution >= 4 is 21.9 Å². The van der Waals surface area contributed by atoms with E-state index in [1.165, 1.54) is 0 Å². The molecule has 0 aliphatic carbocycles. The van der Waals surface area contributed by atoms with Gasteiger partial charge in [0, 0.05) is 6.42 Å². The minimum Gasteiger partial charge on any atom is -0.381 e. The second kappa shape index (κ2) is 2.71. The van der Waals surface area contributed by atoms with Crippen molar-refractivity contribution in [2.45, 2.75) is 13.3 Å². The van der Waals surface area contributed by atoms with Crippen molar-refractivity contribution in [2.75, 3.05) is 4.72 Å². The largest absolute Gasteiger partial charge is 0.381 e. The third-order valence-corrected chi connectivity index (χ3v) is 2.68. The quantitative estimate of drug-likeness (QED) is 0.577. The Balaban J connectivity index is 2.58. The minimum absolute atomic E-state index is 0.0639. The standard InChI is InChI=1S/C6H9N5O2S/c1-2-3-8-4-5(7)10-14(12,13)11-6(4)9-3/h11H,2H2,1H3,(H2,7,10)(H,8,9). The average molecular weight is 215 g/mol. The highest BCUT2D eigenvalue weighted by molar-refractivity contribution is 7.91. The Labute approximate surface area is 80.6 Å². The number of aryl methyl sites for hydroxylation is 1. The molecule has 4 N–H and O–H groups in total. The van der Waals surface area contributed by atoms with Gasteiger partial charge in [0.15, 0.2) is 11.7 Å². The summed E-state index contributed by atoms with van der Waals surface area (Å²) in [6.45, 7) is 1.89. The Morgan fingerprint density at radius 1 is 1.50 bits per heavy atom. The molecule has 7 nitrogen and oxygen atoms in total. The van der Waals surface area contributed by atoms with Gasteiger partial charge in [-0.2, -0.15) is 8.42 Å². The van der Waals surface area contributed by atoms with Crippen LogP contribution in [0.4, 0.5) is 5.82 Å². The molecule has 0 bridgehead atoms. The Hall–Kier alpha value is -1.57. The first-order valence-electron chi connectivity index (χ1n) is 3.99. The fraction of sp³-hybridized carbons (Fsp3) is 0.333. The molecule has 1 aliphatic rings. The van der Waals surface area contributed by atoms with Crippen LogP contribution in [-0.2, 0) is 16.6 Å². The summed E-state index contributed by atoms with van der Waals surface area (Å²) in [5.41, 5.74) is 5.88. The van der Waals surface area contributed by atoms with E-state index in [4.69, 9.17) is 5.73 Å². The molecule has 1 aromatic rings. The zero-order valence-corrected chi connectivity index (χ0v) is 8.22. The van der Waals surface area contributed by atoms with Crippen molar-refractivity contribution in [2.24, 2.45) is 10.1 Å². The Bertz CT molecular complexity index is 500. The number of anilines is 1. The van der Waals surface area contributed by atoms with Gasteiger partial charge in [0.05, 0.1) is 0 Å². The van der Waals surface area contributed by atoms with Gasteiger partial charge in [-0.1, -0.05) is 6.92 Å². The summed E-state index contributed by atoms with van der Waals surface area (Å²) in [5, 5.41) is 0. The Kier molecular flexibility index (Phi) is 1.74. The van der Waals surface area contributed by atoms with E-state index in [0.717, 1.165) is 0 Å². The van der Waals surface area contributed by atoms with E-state index in [1.54, 1.807) is 0 Å². The molecule has 0 unspecified atom stereocenters. The molecule has 14 heavy (non-hydrogen) atoms. The van der Waals surface area contributed by atoms with Crippen LogP contribution in [0.1, 0.15) is 18.4 Å². The minimum atomic E-state index is -3.71. The number of aromatic nitrogens is 2. The maximum absolute atomic E-state index is 11.1. The first-order valence-corrected chi connectivity index (χ1v) is 5.43. The van der Waals surface area contributed by atoms with Crippen LogP contribution in [0, 0.1) is 0 Å². The summed E-state index contributed by atoms with van der Waals surface area (Å²) in [4.78, 5) is 6.89. The smallest absolute Gasteiger partial charge is 0.345 e. The molecule has 1 aliphatic heterocycles. The van der Waals surface area contributed by atoms with Crippen LogP contribution in [0.15, 0.2) is 4.40 Å². The summed E-state index contributed by atoms with van der Waals surface area (Å²) in [7, 11) is -3.71. The van der Waals surface area contributed by atoms with Crippen LogP contribution >= 0.6 is 0 Å². The summed E-state index contributed by atoms with van der Waals surface area (Å²) >= 11 is 0. The molecular formula is C6H9N5O2S. The number of imidazole rings is 1. The molecule has 0 saturated carbocycles. The monoisotopic (exact) mass is 215 g/mol. The molecule has 8 heteroatoms. The van der Waals surface area contributed by atoms with Gasteiger partial charge in [0.25, 0.3) is 0 Å². The van der Waals surface area contributed by atoms with E-state index < -0.39 is 10.2 Å². The normalized spacial score (nSPS) is 18.2. The third kappa shape index (κ3) is 1.33. The summed E-state index contributed by atoms with van der Waals surface area (Å²) < 4.78 is 27.6. The van der Waals surface area contributed by atoms with E-state index in [1.807, 2.05) is 6.92 Å². The van der Waals surface area contributed by atoms with Gasteiger partial charge in [-0.3, -0.25) is 0 Å². The summed E-state index contributed by atoms with van der Waals surface area (Å²) in [6.07, 6.45) is 0.669. The van der Waals surface area contributed by atoms with Gasteiger partial charge in [0.1, 0.15) is 11.5 Å². The molecule has 2 heterocycles. The number of H-pyrrole nitrogens is 1. The SMILES string of the molecule is CCc1nc2c([nH]1)C(N)=NS(=O)(=O)N2. The number of nitrogens with one attached hydrogen (secondary N) is 2. The fourth-order valence-corrected chi connectivity index (χ4v) is 1.96. The second-order valence-corrected chi connectivity index (χ2v) is 4.15. The number of hydrogen-bond donors (Lipinski definition) is 3. The van der Waals surface area contributed by atoms with E-state index in [2.05, 4.69) is 19.1 Å². The van der Waals surface area contributed by atoms with Gasteiger partial charge in [-0.25, -0.2) is 9.71 Å². The van der Waals surface area contributed by atoms with Crippen molar-refractivity contribution in [3.05, 3.63) is 11.5 Å². The number of fused-ring (bicyclic) bond motifs is 1. The molecule has 0 aromatic carbocycles. The molecule has 1 aromatic heterocycles. The molecular weight excluding hydrogens is 206 g/mol. The zero-order chi connectivity index (χ0) is 10.3.